The molecule has 0 bridgehead atoms. The second-order valence-electron chi connectivity index (χ2n) is 7.16. The number of nitrogens with zero attached hydrogens (tertiary/aromatic N) is 6. The van der Waals surface area contributed by atoms with E-state index in [0.717, 1.165) is 23.2 Å². The summed E-state index contributed by atoms with van der Waals surface area (Å²) in [6.45, 7) is 4.26. The predicted octanol–water partition coefficient (Wildman–Crippen LogP) is 3.85. The summed E-state index contributed by atoms with van der Waals surface area (Å²) in [4.78, 5) is 27.6. The number of nitrogens with two attached hydrogens (primary N) is 1. The molecule has 0 unspecified atom stereocenters. The molecule has 1 aromatic carbocycles. The highest BCUT2D eigenvalue weighted by Crippen LogP contribution is 2.27. The Morgan fingerprint density at radius 1 is 1.19 bits per heavy atom. The zero-order chi connectivity index (χ0) is 21.7. The Morgan fingerprint density at radius 3 is 2.81 bits per heavy atom. The highest BCUT2D eigenvalue weighted by molar-refractivity contribution is 9.10. The third kappa shape index (κ3) is 3.14. The second-order valence-corrected chi connectivity index (χ2v) is 8.76. The maximum Gasteiger partial charge on any atom is 0.267 e. The molecule has 0 aliphatic carbocycles. The van der Waals surface area contributed by atoms with Crippen molar-refractivity contribution in [3.63, 3.8) is 0 Å². The Labute approximate surface area is 189 Å². The number of fused-ring (bicyclic) bond motifs is 2. The Balaban J connectivity index is 1.80. The van der Waals surface area contributed by atoms with Gasteiger partial charge in [-0.2, -0.15) is 5.10 Å². The monoisotopic (exact) mass is 495 g/mol. The van der Waals surface area contributed by atoms with E-state index in [2.05, 4.69) is 37.9 Å². The van der Waals surface area contributed by atoms with Gasteiger partial charge in [-0.1, -0.05) is 25.1 Å². The first kappa shape index (κ1) is 19.8. The minimum absolute atomic E-state index is 0.0793. The summed E-state index contributed by atoms with van der Waals surface area (Å²) < 4.78 is 3.94. The van der Waals surface area contributed by atoms with Crippen LogP contribution in [0.15, 0.2) is 45.4 Å². The summed E-state index contributed by atoms with van der Waals surface area (Å²) in [5.74, 6) is 0.920. The lowest BCUT2D eigenvalue weighted by Crippen LogP contribution is -2.26. The number of hydrogen-bond donors (Lipinski definition) is 1. The lowest BCUT2D eigenvalue weighted by atomic mass is 10.1. The first-order valence-electron chi connectivity index (χ1n) is 9.70. The Morgan fingerprint density at radius 2 is 2.00 bits per heavy atom. The smallest absolute Gasteiger partial charge is 0.267 e. The van der Waals surface area contributed by atoms with Crippen molar-refractivity contribution in [3.8, 4) is 5.69 Å². The fraction of sp³-hybridized carbons (Fsp3) is 0.190. The van der Waals surface area contributed by atoms with Crippen LogP contribution in [-0.4, -0.2) is 29.3 Å². The number of aryl methyl sites for hydroxylation is 2. The van der Waals surface area contributed by atoms with E-state index in [1.807, 2.05) is 36.6 Å². The van der Waals surface area contributed by atoms with Crippen LogP contribution in [0.25, 0.3) is 26.9 Å². The van der Waals surface area contributed by atoms with Gasteiger partial charge in [0.1, 0.15) is 33.9 Å². The van der Waals surface area contributed by atoms with Gasteiger partial charge in [-0.3, -0.25) is 9.36 Å². The van der Waals surface area contributed by atoms with Crippen LogP contribution in [0.2, 0.25) is 0 Å². The van der Waals surface area contributed by atoms with Crippen molar-refractivity contribution in [3.05, 3.63) is 67.9 Å². The number of aromatic nitrogens is 6. The van der Waals surface area contributed by atoms with E-state index in [1.54, 1.807) is 9.25 Å². The van der Waals surface area contributed by atoms with E-state index in [4.69, 9.17) is 10.7 Å². The van der Waals surface area contributed by atoms with Crippen molar-refractivity contribution in [1.82, 2.24) is 29.3 Å². The quantitative estimate of drug-likeness (QED) is 0.405. The highest BCUT2D eigenvalue weighted by Gasteiger charge is 2.20. The third-order valence-corrected chi connectivity index (χ3v) is 6.83. The Hall–Kier alpha value is -3.11. The van der Waals surface area contributed by atoms with Crippen LogP contribution in [0, 0.1) is 6.92 Å². The first-order valence-corrected chi connectivity index (χ1v) is 11.4. The van der Waals surface area contributed by atoms with Crippen LogP contribution < -0.4 is 11.3 Å². The standard InChI is InChI=1S/C21H18BrN7OS/c1-3-12-6-4-5-7-13(12)29-14(26-20-15(21(29)30)11(2)9-31-20)8-28-19-16(17(22)27-28)18(23)24-10-25-19/h4-7,9-10H,3,8H2,1-2H3,(H2,23,24,25). The van der Waals surface area contributed by atoms with Crippen molar-refractivity contribution in [1.29, 1.82) is 0 Å². The molecular weight excluding hydrogens is 478 g/mol. The number of nitrogen functional groups attached to an aromatic ring is 1. The molecule has 8 nitrogen and oxygen atoms in total. The highest BCUT2D eigenvalue weighted by atomic mass is 79.9. The van der Waals surface area contributed by atoms with Gasteiger partial charge in [0.15, 0.2) is 5.65 Å². The molecule has 0 radical (unpaired) electrons. The van der Waals surface area contributed by atoms with Crippen LogP contribution in [-0.2, 0) is 13.0 Å². The van der Waals surface area contributed by atoms with E-state index in [0.29, 0.717) is 37.5 Å². The number of halogens is 1. The molecule has 0 amide bonds. The molecule has 31 heavy (non-hydrogen) atoms. The fourth-order valence-electron chi connectivity index (χ4n) is 3.78. The lowest BCUT2D eigenvalue weighted by Gasteiger charge is -2.16. The fourth-order valence-corrected chi connectivity index (χ4v) is 5.28. The zero-order valence-corrected chi connectivity index (χ0v) is 19.2. The number of thiophene rings is 1. The number of hydrogen-bond acceptors (Lipinski definition) is 7. The maximum absolute atomic E-state index is 13.7. The Kier molecular flexibility index (Phi) is 4.82. The van der Waals surface area contributed by atoms with Crippen LogP contribution in [0.3, 0.4) is 0 Å². The first-order chi connectivity index (χ1) is 15.0. The molecule has 0 saturated heterocycles. The van der Waals surface area contributed by atoms with E-state index in [1.165, 1.54) is 17.7 Å². The number of benzene rings is 1. The molecule has 0 aliphatic heterocycles. The molecule has 0 atom stereocenters. The molecular formula is C21H18BrN7OS. The van der Waals surface area contributed by atoms with Crippen LogP contribution in [0.5, 0.6) is 0 Å². The van der Waals surface area contributed by atoms with Gasteiger partial charge < -0.3 is 5.73 Å². The van der Waals surface area contributed by atoms with Crippen LogP contribution >= 0.6 is 27.3 Å². The minimum atomic E-state index is -0.0793. The molecule has 5 rings (SSSR count). The molecule has 5 aromatic rings. The van der Waals surface area contributed by atoms with Crippen molar-refractivity contribution in [2.24, 2.45) is 0 Å². The summed E-state index contributed by atoms with van der Waals surface area (Å²) in [5.41, 5.74) is 9.34. The predicted molar refractivity (Wildman–Crippen MR) is 126 cm³/mol. The van der Waals surface area contributed by atoms with Gasteiger partial charge in [0.05, 0.1) is 16.5 Å². The van der Waals surface area contributed by atoms with E-state index in [9.17, 15) is 4.79 Å². The van der Waals surface area contributed by atoms with E-state index in [-0.39, 0.29) is 12.1 Å². The summed E-state index contributed by atoms with van der Waals surface area (Å²) in [7, 11) is 0. The lowest BCUT2D eigenvalue weighted by molar-refractivity contribution is 0.645. The minimum Gasteiger partial charge on any atom is -0.383 e. The van der Waals surface area contributed by atoms with E-state index >= 15 is 0 Å². The zero-order valence-electron chi connectivity index (χ0n) is 16.8. The average Bonchev–Trinajstić information content (AvgIpc) is 3.29. The Bertz CT molecular complexity index is 1520. The maximum atomic E-state index is 13.7. The molecule has 2 N–H and O–H groups in total. The topological polar surface area (TPSA) is 105 Å². The van der Waals surface area contributed by atoms with Gasteiger partial charge in [-0.15, -0.1) is 11.3 Å². The van der Waals surface area contributed by atoms with Gasteiger partial charge in [0.25, 0.3) is 5.56 Å². The van der Waals surface area contributed by atoms with Gasteiger partial charge in [-0.05, 0) is 51.8 Å². The number of para-hydroxylation sites is 1. The summed E-state index contributed by atoms with van der Waals surface area (Å²) in [5, 5.41) is 7.79. The van der Waals surface area contributed by atoms with Gasteiger partial charge in [0.2, 0.25) is 0 Å². The molecule has 156 valence electrons. The van der Waals surface area contributed by atoms with Gasteiger partial charge in [0, 0.05) is 0 Å². The molecule has 4 heterocycles. The average molecular weight is 496 g/mol. The second kappa shape index (κ2) is 7.54. The molecule has 10 heteroatoms. The SMILES string of the molecule is CCc1ccccc1-n1c(Cn2nc(Br)c3c(N)ncnc32)nc2scc(C)c2c1=O. The normalized spacial score (nSPS) is 11.6. The molecule has 4 aromatic heterocycles. The van der Waals surface area contributed by atoms with E-state index < -0.39 is 0 Å². The number of rotatable bonds is 4. The number of anilines is 1. The molecule has 0 fully saturated rings. The van der Waals surface area contributed by atoms with Crippen molar-refractivity contribution in [2.75, 3.05) is 5.73 Å². The van der Waals surface area contributed by atoms with Crippen LogP contribution in [0.4, 0.5) is 5.82 Å². The largest absolute Gasteiger partial charge is 0.383 e. The van der Waals surface area contributed by atoms with Gasteiger partial charge >= 0.3 is 0 Å². The summed E-state index contributed by atoms with van der Waals surface area (Å²) in [6, 6.07) is 7.90. The summed E-state index contributed by atoms with van der Waals surface area (Å²) >= 11 is 4.92. The molecule has 0 aliphatic rings. The molecule has 0 saturated carbocycles. The van der Waals surface area contributed by atoms with Crippen molar-refractivity contribution in [2.45, 2.75) is 26.8 Å². The van der Waals surface area contributed by atoms with Gasteiger partial charge in [-0.25, -0.2) is 19.6 Å². The third-order valence-electron chi connectivity index (χ3n) is 5.28. The molecule has 0 spiro atoms. The van der Waals surface area contributed by atoms with Crippen molar-refractivity contribution < 1.29 is 0 Å². The van der Waals surface area contributed by atoms with Crippen molar-refractivity contribution >= 4 is 54.3 Å². The summed E-state index contributed by atoms with van der Waals surface area (Å²) in [6.07, 6.45) is 2.20. The van der Waals surface area contributed by atoms with Crippen LogP contribution in [0.1, 0.15) is 23.9 Å².